The van der Waals surface area contributed by atoms with Gasteiger partial charge in [-0.2, -0.15) is 0 Å². The van der Waals surface area contributed by atoms with Crippen LogP contribution in [0, 0.1) is 6.92 Å². The summed E-state index contributed by atoms with van der Waals surface area (Å²) in [6.07, 6.45) is 0.606. The van der Waals surface area contributed by atoms with Gasteiger partial charge in [-0.3, -0.25) is 4.79 Å². The summed E-state index contributed by atoms with van der Waals surface area (Å²) in [7, 11) is 0. The fourth-order valence-corrected chi connectivity index (χ4v) is 1.31. The van der Waals surface area contributed by atoms with Gasteiger partial charge in [0.15, 0.2) is 0 Å². The summed E-state index contributed by atoms with van der Waals surface area (Å²) in [4.78, 5) is 11.5. The summed E-state index contributed by atoms with van der Waals surface area (Å²) >= 11 is 5.93. The number of rotatable bonds is 3. The summed E-state index contributed by atoms with van der Waals surface area (Å²) in [5, 5.41) is 3.23. The Balaban J connectivity index is 2.80. The van der Waals surface area contributed by atoms with Crippen LogP contribution in [0.3, 0.4) is 0 Å². The molecule has 0 aliphatic heterocycles. The second-order valence-electron chi connectivity index (χ2n) is 3.49. The zero-order valence-electron chi connectivity index (χ0n) is 8.88. The van der Waals surface area contributed by atoms with Crippen molar-refractivity contribution in [3.05, 3.63) is 28.8 Å². The lowest BCUT2D eigenvalue weighted by Crippen LogP contribution is -2.34. The van der Waals surface area contributed by atoms with Crippen LogP contribution in [-0.2, 0) is 4.79 Å². The van der Waals surface area contributed by atoms with Crippen molar-refractivity contribution in [2.24, 2.45) is 5.73 Å². The molecule has 3 N–H and O–H groups in total. The molecule has 1 rings (SSSR count). The lowest BCUT2D eigenvalue weighted by atomic mass is 10.2. The Morgan fingerprint density at radius 1 is 1.60 bits per heavy atom. The van der Waals surface area contributed by atoms with Crippen LogP contribution in [0.1, 0.15) is 18.9 Å². The Kier molecular flexibility index (Phi) is 4.12. The third-order valence-electron chi connectivity index (χ3n) is 2.16. The standard InChI is InChI=1S/C11H15ClN2O/c1-3-9(13)11(15)14-10-6-7(2)4-5-8(10)12/h4-6,9H,3,13H2,1-2H3,(H,14,15)/t9-/m0/s1. The van der Waals surface area contributed by atoms with E-state index < -0.39 is 6.04 Å². The zero-order valence-corrected chi connectivity index (χ0v) is 9.64. The van der Waals surface area contributed by atoms with E-state index in [1.54, 1.807) is 6.07 Å². The SMILES string of the molecule is CC[C@H](N)C(=O)Nc1cc(C)ccc1Cl. The molecule has 0 unspecified atom stereocenters. The molecule has 3 nitrogen and oxygen atoms in total. The van der Waals surface area contributed by atoms with Crippen LogP contribution >= 0.6 is 11.6 Å². The monoisotopic (exact) mass is 226 g/mol. The number of carbonyl (C=O) groups is 1. The highest BCUT2D eigenvalue weighted by molar-refractivity contribution is 6.33. The Labute approximate surface area is 94.6 Å². The van der Waals surface area contributed by atoms with E-state index in [4.69, 9.17) is 17.3 Å². The van der Waals surface area contributed by atoms with Crippen molar-refractivity contribution >= 4 is 23.2 Å². The minimum absolute atomic E-state index is 0.204. The van der Waals surface area contributed by atoms with Gasteiger partial charge in [0.1, 0.15) is 0 Å². The number of carbonyl (C=O) groups excluding carboxylic acids is 1. The minimum atomic E-state index is -0.485. The second kappa shape index (κ2) is 5.14. The first kappa shape index (κ1) is 12.0. The van der Waals surface area contributed by atoms with Gasteiger partial charge in [0, 0.05) is 0 Å². The molecule has 1 aromatic rings. The lowest BCUT2D eigenvalue weighted by molar-refractivity contribution is -0.117. The first-order valence-electron chi connectivity index (χ1n) is 4.87. The van der Waals surface area contributed by atoms with E-state index in [-0.39, 0.29) is 5.91 Å². The molecule has 0 aromatic heterocycles. The molecular weight excluding hydrogens is 212 g/mol. The molecule has 0 radical (unpaired) electrons. The number of aryl methyl sites for hydroxylation is 1. The van der Waals surface area contributed by atoms with Crippen LogP contribution in [0.4, 0.5) is 5.69 Å². The molecule has 0 saturated carbocycles. The maximum Gasteiger partial charge on any atom is 0.241 e. The van der Waals surface area contributed by atoms with Crippen molar-refractivity contribution < 1.29 is 4.79 Å². The van der Waals surface area contributed by atoms with Crippen LogP contribution in [0.15, 0.2) is 18.2 Å². The van der Waals surface area contributed by atoms with E-state index in [0.717, 1.165) is 5.56 Å². The van der Waals surface area contributed by atoms with Crippen molar-refractivity contribution in [1.29, 1.82) is 0 Å². The number of amides is 1. The highest BCUT2D eigenvalue weighted by atomic mass is 35.5. The van der Waals surface area contributed by atoms with Crippen LogP contribution in [0.25, 0.3) is 0 Å². The van der Waals surface area contributed by atoms with Gasteiger partial charge in [-0.05, 0) is 31.0 Å². The quantitative estimate of drug-likeness (QED) is 0.831. The summed E-state index contributed by atoms with van der Waals surface area (Å²) < 4.78 is 0. The Hall–Kier alpha value is -1.06. The molecule has 0 aliphatic carbocycles. The van der Waals surface area contributed by atoms with Gasteiger partial charge in [-0.15, -0.1) is 0 Å². The van der Waals surface area contributed by atoms with Crippen molar-refractivity contribution in [2.45, 2.75) is 26.3 Å². The van der Waals surface area contributed by atoms with Crippen LogP contribution in [0.2, 0.25) is 5.02 Å². The summed E-state index contributed by atoms with van der Waals surface area (Å²) in [5.41, 5.74) is 7.26. The fraction of sp³-hybridized carbons (Fsp3) is 0.364. The van der Waals surface area contributed by atoms with E-state index in [1.807, 2.05) is 26.0 Å². The number of benzene rings is 1. The highest BCUT2D eigenvalue weighted by Gasteiger charge is 2.12. The molecule has 1 amide bonds. The Morgan fingerprint density at radius 2 is 2.27 bits per heavy atom. The minimum Gasteiger partial charge on any atom is -0.323 e. The number of halogens is 1. The third-order valence-corrected chi connectivity index (χ3v) is 2.49. The predicted molar refractivity (Wildman–Crippen MR) is 63.1 cm³/mol. The highest BCUT2D eigenvalue weighted by Crippen LogP contribution is 2.22. The second-order valence-corrected chi connectivity index (χ2v) is 3.89. The molecule has 1 atom stereocenters. The van der Waals surface area contributed by atoms with Gasteiger partial charge in [0.25, 0.3) is 0 Å². The average Bonchev–Trinajstić information content (AvgIpc) is 2.22. The van der Waals surface area contributed by atoms with Crippen LogP contribution in [0.5, 0.6) is 0 Å². The molecule has 0 aliphatic rings. The lowest BCUT2D eigenvalue weighted by Gasteiger charge is -2.11. The van der Waals surface area contributed by atoms with E-state index >= 15 is 0 Å². The van der Waals surface area contributed by atoms with Gasteiger partial charge < -0.3 is 11.1 Å². The third kappa shape index (κ3) is 3.22. The molecule has 82 valence electrons. The maximum atomic E-state index is 11.5. The van der Waals surface area contributed by atoms with Crippen molar-refractivity contribution in [2.75, 3.05) is 5.32 Å². The Morgan fingerprint density at radius 3 is 2.87 bits per heavy atom. The predicted octanol–water partition coefficient (Wildman–Crippen LogP) is 2.32. The number of hydrogen-bond donors (Lipinski definition) is 2. The van der Waals surface area contributed by atoms with Gasteiger partial charge in [0.05, 0.1) is 16.8 Å². The molecule has 15 heavy (non-hydrogen) atoms. The fourth-order valence-electron chi connectivity index (χ4n) is 1.15. The number of nitrogens with two attached hydrogens (primary N) is 1. The average molecular weight is 227 g/mol. The molecule has 0 bridgehead atoms. The van der Waals surface area contributed by atoms with E-state index in [0.29, 0.717) is 17.1 Å². The van der Waals surface area contributed by atoms with Gasteiger partial charge >= 0.3 is 0 Å². The maximum absolute atomic E-state index is 11.5. The molecule has 0 saturated heterocycles. The number of nitrogens with one attached hydrogen (secondary N) is 1. The summed E-state index contributed by atoms with van der Waals surface area (Å²) in [5.74, 6) is -0.204. The smallest absolute Gasteiger partial charge is 0.241 e. The first-order chi connectivity index (χ1) is 7.04. The zero-order chi connectivity index (χ0) is 11.4. The van der Waals surface area contributed by atoms with E-state index in [9.17, 15) is 4.79 Å². The van der Waals surface area contributed by atoms with Crippen molar-refractivity contribution in [3.8, 4) is 0 Å². The van der Waals surface area contributed by atoms with Gasteiger partial charge in [0.2, 0.25) is 5.91 Å². The summed E-state index contributed by atoms with van der Waals surface area (Å²) in [6, 6.07) is 4.98. The van der Waals surface area contributed by atoms with Crippen LogP contribution in [-0.4, -0.2) is 11.9 Å². The molecule has 0 heterocycles. The van der Waals surface area contributed by atoms with Crippen molar-refractivity contribution in [1.82, 2.24) is 0 Å². The summed E-state index contributed by atoms with van der Waals surface area (Å²) in [6.45, 7) is 3.80. The number of anilines is 1. The molecule has 0 spiro atoms. The molecular formula is C11H15ClN2O. The largest absolute Gasteiger partial charge is 0.323 e. The normalized spacial score (nSPS) is 12.3. The van der Waals surface area contributed by atoms with Crippen LogP contribution < -0.4 is 11.1 Å². The number of hydrogen-bond acceptors (Lipinski definition) is 2. The van der Waals surface area contributed by atoms with E-state index in [2.05, 4.69) is 5.32 Å². The van der Waals surface area contributed by atoms with E-state index in [1.165, 1.54) is 0 Å². The Bertz CT molecular complexity index is 366. The van der Waals surface area contributed by atoms with Crippen molar-refractivity contribution in [3.63, 3.8) is 0 Å². The van der Waals surface area contributed by atoms with Gasteiger partial charge in [-0.25, -0.2) is 0 Å². The topological polar surface area (TPSA) is 55.1 Å². The molecule has 4 heteroatoms. The molecule has 1 aromatic carbocycles. The first-order valence-corrected chi connectivity index (χ1v) is 5.25. The van der Waals surface area contributed by atoms with Gasteiger partial charge in [-0.1, -0.05) is 24.6 Å². The molecule has 0 fully saturated rings.